The van der Waals surface area contributed by atoms with Gasteiger partial charge in [-0.1, -0.05) is 12.8 Å². The fourth-order valence-corrected chi connectivity index (χ4v) is 4.31. The Morgan fingerprint density at radius 1 is 1.44 bits per heavy atom. The average Bonchev–Trinajstić information content (AvgIpc) is 2.82. The second-order valence-corrected chi connectivity index (χ2v) is 6.46. The highest BCUT2D eigenvalue weighted by Crippen LogP contribution is 2.30. The van der Waals surface area contributed by atoms with Crippen molar-refractivity contribution < 1.29 is 0 Å². The molecule has 1 fully saturated rings. The molecule has 2 rings (SSSR count). The molecule has 0 atom stereocenters. The van der Waals surface area contributed by atoms with Crippen molar-refractivity contribution in [3.63, 3.8) is 0 Å². The second-order valence-electron chi connectivity index (χ2n) is 4.64. The topological polar surface area (TPSA) is 17.8 Å². The lowest BCUT2D eigenvalue weighted by Gasteiger charge is -2.08. The summed E-state index contributed by atoms with van der Waals surface area (Å²) in [5, 5.41) is 4.42. The van der Waals surface area contributed by atoms with Gasteiger partial charge in [-0.3, -0.25) is 4.68 Å². The zero-order valence-electron chi connectivity index (χ0n) is 10.0. The molecule has 1 aliphatic carbocycles. The number of rotatable bonds is 4. The van der Waals surface area contributed by atoms with Gasteiger partial charge in [-0.05, 0) is 47.4 Å². The first-order chi connectivity index (χ1) is 7.68. The Balaban J connectivity index is 1.84. The zero-order valence-corrected chi connectivity index (χ0v) is 12.4. The van der Waals surface area contributed by atoms with E-state index < -0.39 is 0 Å². The Labute approximate surface area is 110 Å². The van der Waals surface area contributed by atoms with Gasteiger partial charge in [-0.2, -0.15) is 16.9 Å². The summed E-state index contributed by atoms with van der Waals surface area (Å²) in [6.07, 6.45) is 5.77. The van der Waals surface area contributed by atoms with Crippen LogP contribution in [0.2, 0.25) is 0 Å². The van der Waals surface area contributed by atoms with Gasteiger partial charge >= 0.3 is 0 Å². The lowest BCUT2D eigenvalue weighted by atomic mass is 10.1. The summed E-state index contributed by atoms with van der Waals surface area (Å²) in [6, 6.07) is 0. The number of halogens is 1. The molecule has 1 saturated carbocycles. The summed E-state index contributed by atoms with van der Waals surface area (Å²) < 4.78 is 3.19. The molecule has 4 heteroatoms. The summed E-state index contributed by atoms with van der Waals surface area (Å²) in [5.41, 5.74) is 2.42. The van der Waals surface area contributed by atoms with Crippen LogP contribution in [-0.4, -0.2) is 15.5 Å². The first kappa shape index (κ1) is 12.5. The molecule has 0 amide bonds. The zero-order chi connectivity index (χ0) is 11.5. The van der Waals surface area contributed by atoms with Gasteiger partial charge in [0.25, 0.3) is 0 Å². The Bertz CT molecular complexity index is 356. The van der Waals surface area contributed by atoms with Crippen molar-refractivity contribution >= 4 is 27.7 Å². The monoisotopic (exact) mass is 302 g/mol. The van der Waals surface area contributed by atoms with Crippen molar-refractivity contribution in [1.82, 2.24) is 9.78 Å². The summed E-state index contributed by atoms with van der Waals surface area (Å²) in [6.45, 7) is 2.05. The van der Waals surface area contributed by atoms with Gasteiger partial charge in [0.15, 0.2) is 0 Å². The highest BCUT2D eigenvalue weighted by atomic mass is 79.9. The molecule has 16 heavy (non-hydrogen) atoms. The molecule has 0 spiro atoms. The molecule has 0 unspecified atom stereocenters. The fourth-order valence-electron chi connectivity index (χ4n) is 2.34. The molecule has 1 aliphatic rings. The van der Waals surface area contributed by atoms with E-state index in [4.69, 9.17) is 0 Å². The average molecular weight is 303 g/mol. The molecule has 0 N–H and O–H groups in total. The van der Waals surface area contributed by atoms with Gasteiger partial charge in [0, 0.05) is 12.8 Å². The van der Waals surface area contributed by atoms with Gasteiger partial charge in [-0.25, -0.2) is 0 Å². The maximum atomic E-state index is 4.42. The van der Waals surface area contributed by atoms with Crippen LogP contribution >= 0.6 is 27.7 Å². The van der Waals surface area contributed by atoms with Gasteiger partial charge in [0.1, 0.15) is 0 Å². The van der Waals surface area contributed by atoms with Crippen molar-refractivity contribution in [2.75, 3.05) is 5.75 Å². The lowest BCUT2D eigenvalue weighted by molar-refractivity contribution is 0.622. The van der Waals surface area contributed by atoms with Crippen LogP contribution in [0.4, 0.5) is 0 Å². The number of nitrogens with zero attached hydrogens (tertiary/aromatic N) is 2. The first-order valence-electron chi connectivity index (χ1n) is 5.94. The van der Waals surface area contributed by atoms with Crippen molar-refractivity contribution in [2.24, 2.45) is 13.0 Å². The third-order valence-corrected chi connectivity index (χ3v) is 5.54. The summed E-state index contributed by atoms with van der Waals surface area (Å²) in [5.74, 6) is 3.36. The van der Waals surface area contributed by atoms with Gasteiger partial charge in [0.05, 0.1) is 15.9 Å². The first-order valence-corrected chi connectivity index (χ1v) is 7.89. The van der Waals surface area contributed by atoms with E-state index in [1.54, 1.807) is 0 Å². The normalized spacial score (nSPS) is 17.2. The van der Waals surface area contributed by atoms with Gasteiger partial charge in [0.2, 0.25) is 0 Å². The van der Waals surface area contributed by atoms with E-state index in [9.17, 15) is 0 Å². The Kier molecular flexibility index (Phi) is 4.36. The lowest BCUT2D eigenvalue weighted by Crippen LogP contribution is -2.00. The van der Waals surface area contributed by atoms with Crippen LogP contribution in [0.3, 0.4) is 0 Å². The number of aryl methyl sites for hydroxylation is 2. The molecule has 0 radical (unpaired) electrons. The minimum atomic E-state index is 0.970. The molecule has 0 aromatic carbocycles. The highest BCUT2D eigenvalue weighted by Gasteiger charge is 2.16. The van der Waals surface area contributed by atoms with E-state index in [0.29, 0.717) is 0 Å². The molecular formula is C12H19BrN2S. The Morgan fingerprint density at radius 2 is 2.12 bits per heavy atom. The van der Waals surface area contributed by atoms with Crippen molar-refractivity contribution in [3.8, 4) is 0 Å². The van der Waals surface area contributed by atoms with E-state index in [1.165, 1.54) is 41.6 Å². The Hall–Kier alpha value is 0.0400. The largest absolute Gasteiger partial charge is 0.270 e. The van der Waals surface area contributed by atoms with Crippen LogP contribution in [-0.2, 0) is 12.8 Å². The summed E-state index contributed by atoms with van der Waals surface area (Å²) >= 11 is 5.67. The minimum Gasteiger partial charge on any atom is -0.270 e. The summed E-state index contributed by atoms with van der Waals surface area (Å²) in [7, 11) is 2.03. The Morgan fingerprint density at radius 3 is 2.69 bits per heavy atom. The second kappa shape index (κ2) is 5.58. The van der Waals surface area contributed by atoms with Crippen LogP contribution in [0.15, 0.2) is 4.47 Å². The predicted molar refractivity (Wildman–Crippen MR) is 73.8 cm³/mol. The molecule has 0 aliphatic heterocycles. The van der Waals surface area contributed by atoms with Crippen LogP contribution in [0, 0.1) is 12.8 Å². The molecule has 1 aromatic heterocycles. The smallest absolute Gasteiger partial charge is 0.0738 e. The molecule has 1 aromatic rings. The highest BCUT2D eigenvalue weighted by molar-refractivity contribution is 9.10. The van der Waals surface area contributed by atoms with Crippen molar-refractivity contribution in [3.05, 3.63) is 15.9 Å². The predicted octanol–water partition coefficient (Wildman–Crippen LogP) is 3.91. The SMILES string of the molecule is Cc1nn(C)c(CSCC2CCCC2)c1Br. The van der Waals surface area contributed by atoms with Crippen molar-refractivity contribution in [2.45, 2.75) is 38.4 Å². The maximum absolute atomic E-state index is 4.42. The molecule has 2 nitrogen and oxygen atoms in total. The third-order valence-electron chi connectivity index (χ3n) is 3.33. The van der Waals surface area contributed by atoms with Gasteiger partial charge < -0.3 is 0 Å². The summed E-state index contributed by atoms with van der Waals surface area (Å²) in [4.78, 5) is 0. The number of thioether (sulfide) groups is 1. The van der Waals surface area contributed by atoms with Crippen LogP contribution in [0.1, 0.15) is 37.1 Å². The van der Waals surface area contributed by atoms with Gasteiger partial charge in [-0.15, -0.1) is 0 Å². The third kappa shape index (κ3) is 2.83. The number of hydrogen-bond acceptors (Lipinski definition) is 2. The van der Waals surface area contributed by atoms with E-state index in [-0.39, 0.29) is 0 Å². The van der Waals surface area contributed by atoms with E-state index in [2.05, 4.69) is 39.7 Å². The van der Waals surface area contributed by atoms with E-state index in [0.717, 1.165) is 17.4 Å². The molecule has 0 saturated heterocycles. The minimum absolute atomic E-state index is 0.970. The maximum Gasteiger partial charge on any atom is 0.0738 e. The van der Waals surface area contributed by atoms with Crippen molar-refractivity contribution in [1.29, 1.82) is 0 Å². The standard InChI is InChI=1S/C12H19BrN2S/c1-9-12(13)11(15(2)14-9)8-16-7-10-5-3-4-6-10/h10H,3-8H2,1-2H3. The van der Waals surface area contributed by atoms with E-state index >= 15 is 0 Å². The molecule has 90 valence electrons. The van der Waals surface area contributed by atoms with Crippen LogP contribution in [0.5, 0.6) is 0 Å². The quantitative estimate of drug-likeness (QED) is 0.839. The fraction of sp³-hybridized carbons (Fsp3) is 0.750. The van der Waals surface area contributed by atoms with E-state index in [1.807, 2.05) is 11.7 Å². The van der Waals surface area contributed by atoms with Crippen LogP contribution in [0.25, 0.3) is 0 Å². The molecular weight excluding hydrogens is 284 g/mol. The van der Waals surface area contributed by atoms with Crippen LogP contribution < -0.4 is 0 Å². The molecule has 1 heterocycles. The number of aromatic nitrogens is 2. The number of hydrogen-bond donors (Lipinski definition) is 0. The molecule has 0 bridgehead atoms.